The topological polar surface area (TPSA) is 26.3 Å². The fourth-order valence-electron chi connectivity index (χ4n) is 1.77. The van der Waals surface area contributed by atoms with Crippen LogP contribution in [0.5, 0.6) is 0 Å². The summed E-state index contributed by atoms with van der Waals surface area (Å²) in [5.74, 6) is -0.00266. The van der Waals surface area contributed by atoms with Crippen LogP contribution in [0.25, 0.3) is 0 Å². The summed E-state index contributed by atoms with van der Waals surface area (Å²) in [6.07, 6.45) is 0.395. The fourth-order valence-corrected chi connectivity index (χ4v) is 1.77. The van der Waals surface area contributed by atoms with E-state index in [0.717, 1.165) is 0 Å². The fraction of sp³-hybridized carbons (Fsp3) is 0.417. The number of carbonyl (C=O) groups excluding carboxylic acids is 1. The summed E-state index contributed by atoms with van der Waals surface area (Å²) in [7, 11) is 0. The van der Waals surface area contributed by atoms with Gasteiger partial charge < -0.3 is 4.74 Å². The van der Waals surface area contributed by atoms with E-state index < -0.39 is 5.67 Å². The van der Waals surface area contributed by atoms with Gasteiger partial charge in [0.25, 0.3) is 0 Å². The van der Waals surface area contributed by atoms with Crippen molar-refractivity contribution >= 4 is 5.78 Å². The van der Waals surface area contributed by atoms with E-state index >= 15 is 0 Å². The lowest BCUT2D eigenvalue weighted by Crippen LogP contribution is -2.19. The number of benzene rings is 1. The summed E-state index contributed by atoms with van der Waals surface area (Å²) >= 11 is 0. The first-order valence-electron chi connectivity index (χ1n) is 5.00. The average molecular weight is 208 g/mol. The van der Waals surface area contributed by atoms with Crippen LogP contribution in [0.15, 0.2) is 24.3 Å². The highest BCUT2D eigenvalue weighted by molar-refractivity contribution is 5.94. The van der Waals surface area contributed by atoms with Crippen LogP contribution in [0, 0.1) is 0 Å². The molecule has 1 atom stereocenters. The maximum atomic E-state index is 14.2. The van der Waals surface area contributed by atoms with Gasteiger partial charge in [0.15, 0.2) is 11.5 Å². The summed E-state index contributed by atoms with van der Waals surface area (Å²) in [6.45, 7) is 2.08. The highest BCUT2D eigenvalue weighted by Gasteiger charge is 2.36. The Labute approximate surface area is 88.1 Å². The number of halogens is 1. The molecule has 3 heteroatoms. The van der Waals surface area contributed by atoms with Crippen LogP contribution in [0.3, 0.4) is 0 Å². The molecular formula is C12H13FO2. The molecule has 1 aromatic rings. The lowest BCUT2D eigenvalue weighted by atomic mass is 9.94. The average Bonchev–Trinajstić information content (AvgIpc) is 2.67. The normalized spacial score (nSPS) is 25.5. The van der Waals surface area contributed by atoms with Gasteiger partial charge in [-0.15, -0.1) is 0 Å². The third kappa shape index (κ3) is 1.92. The minimum Gasteiger partial charge on any atom is -0.378 e. The molecule has 2 nitrogen and oxygen atoms in total. The Morgan fingerprint density at radius 3 is 2.53 bits per heavy atom. The van der Waals surface area contributed by atoms with Crippen molar-refractivity contribution in [2.24, 2.45) is 0 Å². The number of Topliss-reactive ketones (excluding diaryl/α,β-unsaturated/α-hetero) is 1. The number of ketones is 1. The minimum absolute atomic E-state index is 0.00266. The molecule has 0 radical (unpaired) electrons. The van der Waals surface area contributed by atoms with Crippen molar-refractivity contribution in [3.05, 3.63) is 35.4 Å². The van der Waals surface area contributed by atoms with Crippen molar-refractivity contribution in [2.45, 2.75) is 19.0 Å². The summed E-state index contributed by atoms with van der Waals surface area (Å²) < 4.78 is 19.2. The molecule has 0 aliphatic carbocycles. The smallest absolute Gasteiger partial charge is 0.161 e. The number of hydrogen-bond donors (Lipinski definition) is 0. The largest absolute Gasteiger partial charge is 0.378 e. The van der Waals surface area contributed by atoms with Crippen LogP contribution < -0.4 is 0 Å². The van der Waals surface area contributed by atoms with Gasteiger partial charge in [-0.25, -0.2) is 4.39 Å². The van der Waals surface area contributed by atoms with Crippen LogP contribution in [0.1, 0.15) is 29.3 Å². The van der Waals surface area contributed by atoms with Crippen molar-refractivity contribution < 1.29 is 13.9 Å². The molecule has 1 fully saturated rings. The summed E-state index contributed by atoms with van der Waals surface area (Å²) in [5.41, 5.74) is -0.152. The SMILES string of the molecule is CC(=O)c1ccc(C2(F)CCOC2)cc1. The third-order valence-electron chi connectivity index (χ3n) is 2.78. The molecular weight excluding hydrogens is 195 g/mol. The summed E-state index contributed by atoms with van der Waals surface area (Å²) in [5, 5.41) is 0. The van der Waals surface area contributed by atoms with Crippen LogP contribution in [-0.2, 0) is 10.4 Å². The van der Waals surface area contributed by atoms with Gasteiger partial charge in [-0.05, 0) is 12.5 Å². The molecule has 1 aliphatic rings. The number of rotatable bonds is 2. The van der Waals surface area contributed by atoms with Crippen molar-refractivity contribution in [3.63, 3.8) is 0 Å². The van der Waals surface area contributed by atoms with Crippen molar-refractivity contribution in [3.8, 4) is 0 Å². The van der Waals surface area contributed by atoms with Gasteiger partial charge >= 0.3 is 0 Å². The Balaban J connectivity index is 2.26. The zero-order chi connectivity index (χ0) is 10.9. The van der Waals surface area contributed by atoms with Crippen molar-refractivity contribution in [1.82, 2.24) is 0 Å². The second-order valence-corrected chi connectivity index (χ2v) is 3.90. The first-order valence-corrected chi connectivity index (χ1v) is 5.00. The van der Waals surface area contributed by atoms with Crippen LogP contribution in [0.2, 0.25) is 0 Å². The zero-order valence-corrected chi connectivity index (χ0v) is 8.63. The van der Waals surface area contributed by atoms with Gasteiger partial charge in [-0.2, -0.15) is 0 Å². The van der Waals surface area contributed by atoms with Crippen LogP contribution in [-0.4, -0.2) is 19.0 Å². The van der Waals surface area contributed by atoms with Crippen LogP contribution >= 0.6 is 0 Å². The molecule has 80 valence electrons. The maximum Gasteiger partial charge on any atom is 0.161 e. The Hall–Kier alpha value is -1.22. The lowest BCUT2D eigenvalue weighted by molar-refractivity contribution is 0.101. The Morgan fingerprint density at radius 2 is 2.07 bits per heavy atom. The molecule has 0 amide bonds. The number of hydrogen-bond acceptors (Lipinski definition) is 2. The molecule has 1 aliphatic heterocycles. The van der Waals surface area contributed by atoms with Gasteiger partial charge in [0, 0.05) is 12.0 Å². The van der Waals surface area contributed by atoms with Gasteiger partial charge in [0.1, 0.15) is 0 Å². The lowest BCUT2D eigenvalue weighted by Gasteiger charge is -2.17. The van der Waals surface area contributed by atoms with Crippen molar-refractivity contribution in [2.75, 3.05) is 13.2 Å². The number of ether oxygens (including phenoxy) is 1. The third-order valence-corrected chi connectivity index (χ3v) is 2.78. The number of carbonyl (C=O) groups is 1. The molecule has 1 heterocycles. The molecule has 15 heavy (non-hydrogen) atoms. The van der Waals surface area contributed by atoms with E-state index in [2.05, 4.69) is 0 Å². The quantitative estimate of drug-likeness (QED) is 0.698. The summed E-state index contributed by atoms with van der Waals surface area (Å²) in [6, 6.07) is 6.67. The molecule has 0 aromatic heterocycles. The molecule has 2 rings (SSSR count). The van der Waals surface area contributed by atoms with Gasteiger partial charge in [-0.3, -0.25) is 4.79 Å². The molecule has 1 aromatic carbocycles. The highest BCUT2D eigenvalue weighted by Crippen LogP contribution is 2.34. The van der Waals surface area contributed by atoms with E-state index in [-0.39, 0.29) is 12.4 Å². The predicted molar refractivity (Wildman–Crippen MR) is 54.7 cm³/mol. The van der Waals surface area contributed by atoms with Gasteiger partial charge in [0.05, 0.1) is 13.2 Å². The molecule has 0 saturated carbocycles. The minimum atomic E-state index is -1.37. The Bertz CT molecular complexity index is 364. The molecule has 1 unspecified atom stereocenters. The second-order valence-electron chi connectivity index (χ2n) is 3.90. The van der Waals surface area contributed by atoms with Gasteiger partial charge in [-0.1, -0.05) is 24.3 Å². The predicted octanol–water partition coefficient (Wildman–Crippen LogP) is 2.47. The maximum absolute atomic E-state index is 14.2. The molecule has 0 bridgehead atoms. The first-order chi connectivity index (χ1) is 7.12. The highest BCUT2D eigenvalue weighted by atomic mass is 19.1. The molecule has 0 spiro atoms. The first kappa shape index (κ1) is 10.3. The van der Waals surface area contributed by atoms with E-state index in [9.17, 15) is 9.18 Å². The Morgan fingerprint density at radius 1 is 1.40 bits per heavy atom. The zero-order valence-electron chi connectivity index (χ0n) is 8.63. The Kier molecular flexibility index (Phi) is 2.57. The van der Waals surface area contributed by atoms with E-state index in [0.29, 0.717) is 24.2 Å². The van der Waals surface area contributed by atoms with Crippen molar-refractivity contribution in [1.29, 1.82) is 0 Å². The molecule has 0 N–H and O–H groups in total. The van der Waals surface area contributed by atoms with Crippen LogP contribution in [0.4, 0.5) is 4.39 Å². The summed E-state index contributed by atoms with van der Waals surface area (Å²) in [4.78, 5) is 11.0. The van der Waals surface area contributed by atoms with E-state index in [4.69, 9.17) is 4.74 Å². The number of alkyl halides is 1. The van der Waals surface area contributed by atoms with E-state index in [1.807, 2.05) is 0 Å². The molecule has 1 saturated heterocycles. The standard InChI is InChI=1S/C12H13FO2/c1-9(14)10-2-4-11(5-3-10)12(13)6-7-15-8-12/h2-5H,6-8H2,1H3. The monoisotopic (exact) mass is 208 g/mol. The van der Waals surface area contributed by atoms with E-state index in [1.165, 1.54) is 6.92 Å². The second kappa shape index (κ2) is 3.74. The van der Waals surface area contributed by atoms with Gasteiger partial charge in [0.2, 0.25) is 0 Å². The van der Waals surface area contributed by atoms with E-state index in [1.54, 1.807) is 24.3 Å².